The Morgan fingerprint density at radius 2 is 2.26 bits per heavy atom. The molecule has 1 amide bonds. The van der Waals surface area contributed by atoms with E-state index in [1.165, 1.54) is 22.7 Å². The van der Waals surface area contributed by atoms with Crippen LogP contribution in [0.1, 0.15) is 56.3 Å². The lowest BCUT2D eigenvalue weighted by atomic mass is 9.96. The van der Waals surface area contributed by atoms with Gasteiger partial charge in [-0.2, -0.15) is 0 Å². The number of aromatic nitrogens is 1. The number of nitrogens with one attached hydrogen (secondary N) is 1. The van der Waals surface area contributed by atoms with Gasteiger partial charge in [0.15, 0.2) is 0 Å². The topological polar surface area (TPSA) is 71.2 Å². The molecule has 1 unspecified atom stereocenters. The number of nitrogens with two attached hydrogens (primary N) is 1. The van der Waals surface area contributed by atoms with E-state index in [1.807, 2.05) is 17.5 Å². The van der Waals surface area contributed by atoms with Crippen LogP contribution in [-0.2, 0) is 16.8 Å². The Balaban J connectivity index is 1.93. The van der Waals surface area contributed by atoms with Gasteiger partial charge in [0, 0.05) is 36.6 Å². The van der Waals surface area contributed by atoms with Crippen LogP contribution in [0.4, 0.5) is 0 Å². The van der Waals surface area contributed by atoms with Crippen LogP contribution in [0.5, 0.6) is 0 Å². The average Bonchev–Trinajstić information content (AvgIpc) is 2.95. The Morgan fingerprint density at radius 3 is 2.91 bits per heavy atom. The number of thiazole rings is 1. The molecule has 1 aromatic rings. The lowest BCUT2D eigenvalue weighted by Crippen LogP contribution is -2.46. The predicted octanol–water partition coefficient (Wildman–Crippen LogP) is 2.26. The van der Waals surface area contributed by atoms with Crippen molar-refractivity contribution >= 4 is 17.2 Å². The van der Waals surface area contributed by atoms with E-state index in [0.29, 0.717) is 19.0 Å². The first-order valence-electron chi connectivity index (χ1n) is 8.56. The molecular formula is C17H30N4OS. The van der Waals surface area contributed by atoms with Crippen LogP contribution in [0.15, 0.2) is 6.20 Å². The summed E-state index contributed by atoms with van der Waals surface area (Å²) < 4.78 is 0. The molecule has 0 spiro atoms. The summed E-state index contributed by atoms with van der Waals surface area (Å²) in [5.74, 6) is 0.0577. The van der Waals surface area contributed by atoms with E-state index < -0.39 is 0 Å². The third-order valence-corrected chi connectivity index (χ3v) is 5.69. The molecule has 0 aliphatic carbocycles. The van der Waals surface area contributed by atoms with Crippen LogP contribution < -0.4 is 11.1 Å². The fourth-order valence-electron chi connectivity index (χ4n) is 2.85. The third kappa shape index (κ3) is 5.55. The zero-order valence-corrected chi connectivity index (χ0v) is 15.4. The molecule has 23 heavy (non-hydrogen) atoms. The van der Waals surface area contributed by atoms with Crippen LogP contribution >= 0.6 is 11.3 Å². The van der Waals surface area contributed by atoms with Crippen molar-refractivity contribution in [1.82, 2.24) is 15.2 Å². The maximum Gasteiger partial charge on any atom is 0.221 e. The van der Waals surface area contributed by atoms with Crippen molar-refractivity contribution in [2.75, 3.05) is 19.6 Å². The van der Waals surface area contributed by atoms with Crippen molar-refractivity contribution in [3.8, 4) is 0 Å². The van der Waals surface area contributed by atoms with Gasteiger partial charge in [-0.1, -0.05) is 27.2 Å². The van der Waals surface area contributed by atoms with Gasteiger partial charge in [0.25, 0.3) is 0 Å². The molecule has 1 aliphatic rings. The van der Waals surface area contributed by atoms with E-state index in [2.05, 4.69) is 36.0 Å². The number of rotatable bonds is 6. The molecule has 1 aliphatic heterocycles. The zero-order chi connectivity index (χ0) is 16.9. The monoisotopic (exact) mass is 338 g/mol. The minimum absolute atomic E-state index is 0.0577. The summed E-state index contributed by atoms with van der Waals surface area (Å²) in [7, 11) is 0. The Kier molecular flexibility index (Phi) is 6.56. The van der Waals surface area contributed by atoms with Crippen molar-refractivity contribution in [3.05, 3.63) is 16.1 Å². The molecule has 3 N–H and O–H groups in total. The second kappa shape index (κ2) is 8.22. The van der Waals surface area contributed by atoms with Crippen molar-refractivity contribution in [2.45, 2.75) is 64.5 Å². The van der Waals surface area contributed by atoms with Crippen LogP contribution in [0, 0.1) is 0 Å². The number of carbonyl (C=O) groups is 1. The number of hydrogen-bond donors (Lipinski definition) is 2. The highest BCUT2D eigenvalue weighted by Crippen LogP contribution is 2.29. The lowest BCUT2D eigenvalue weighted by Gasteiger charge is -2.35. The van der Waals surface area contributed by atoms with E-state index in [9.17, 15) is 4.79 Å². The molecule has 1 aromatic heterocycles. The quantitative estimate of drug-likeness (QED) is 0.834. The molecule has 0 aromatic carbocycles. The first kappa shape index (κ1) is 18.4. The lowest BCUT2D eigenvalue weighted by molar-refractivity contribution is -0.121. The van der Waals surface area contributed by atoms with E-state index in [4.69, 9.17) is 5.73 Å². The van der Waals surface area contributed by atoms with Gasteiger partial charge in [-0.25, -0.2) is 4.98 Å². The number of nitrogens with zero attached hydrogens (tertiary/aromatic N) is 2. The third-order valence-electron chi connectivity index (χ3n) is 4.29. The van der Waals surface area contributed by atoms with Crippen LogP contribution in [0.25, 0.3) is 0 Å². The molecule has 1 atom stereocenters. The molecular weight excluding hydrogens is 308 g/mol. The summed E-state index contributed by atoms with van der Waals surface area (Å²) >= 11 is 1.81. The number of hydrogen-bond acceptors (Lipinski definition) is 5. The van der Waals surface area contributed by atoms with Gasteiger partial charge in [-0.15, -0.1) is 11.3 Å². The molecule has 6 heteroatoms. The van der Waals surface area contributed by atoms with E-state index in [0.717, 1.165) is 26.1 Å². The minimum atomic E-state index is 0.0577. The second-order valence-corrected chi connectivity index (χ2v) is 8.45. The molecule has 2 heterocycles. The minimum Gasteiger partial charge on any atom is -0.354 e. The van der Waals surface area contributed by atoms with Crippen LogP contribution in [-0.4, -0.2) is 41.5 Å². The number of amides is 1. The van der Waals surface area contributed by atoms with Gasteiger partial charge < -0.3 is 11.1 Å². The van der Waals surface area contributed by atoms with Gasteiger partial charge in [0.05, 0.1) is 6.54 Å². The Labute approximate surface area is 143 Å². The molecule has 2 rings (SSSR count). The van der Waals surface area contributed by atoms with Gasteiger partial charge >= 0.3 is 0 Å². The average molecular weight is 339 g/mol. The Morgan fingerprint density at radius 1 is 1.48 bits per heavy atom. The molecule has 0 saturated carbocycles. The summed E-state index contributed by atoms with van der Waals surface area (Å²) in [5, 5.41) is 4.20. The van der Waals surface area contributed by atoms with E-state index >= 15 is 0 Å². The summed E-state index contributed by atoms with van der Waals surface area (Å²) in [5.41, 5.74) is 5.59. The van der Waals surface area contributed by atoms with Crippen molar-refractivity contribution in [1.29, 1.82) is 0 Å². The zero-order valence-electron chi connectivity index (χ0n) is 14.6. The van der Waals surface area contributed by atoms with Crippen molar-refractivity contribution in [2.24, 2.45) is 5.73 Å². The van der Waals surface area contributed by atoms with Gasteiger partial charge in [-0.3, -0.25) is 9.69 Å². The predicted molar refractivity (Wildman–Crippen MR) is 95.5 cm³/mol. The first-order chi connectivity index (χ1) is 10.9. The highest BCUT2D eigenvalue weighted by atomic mass is 32.1. The normalized spacial score (nSPS) is 19.7. The maximum atomic E-state index is 11.6. The fourth-order valence-corrected chi connectivity index (χ4v) is 3.86. The van der Waals surface area contributed by atoms with Crippen molar-refractivity contribution in [3.63, 3.8) is 0 Å². The standard InChI is InChI=1S/C17H30N4OS/c1-17(2,3)14-11-20-16(23-14)12-21-9-5-4-6-13(21)10-19-15(22)7-8-18/h11,13H,4-10,12,18H2,1-3H3,(H,19,22). The number of carbonyl (C=O) groups excluding carboxylic acids is 1. The molecule has 1 fully saturated rings. The summed E-state index contributed by atoms with van der Waals surface area (Å²) in [4.78, 5) is 20.1. The number of likely N-dealkylation sites (tertiary alicyclic amines) is 1. The first-order valence-corrected chi connectivity index (χ1v) is 9.38. The Bertz CT molecular complexity index is 509. The second-order valence-electron chi connectivity index (χ2n) is 7.33. The van der Waals surface area contributed by atoms with Crippen LogP contribution in [0.2, 0.25) is 0 Å². The van der Waals surface area contributed by atoms with E-state index in [1.54, 1.807) is 0 Å². The van der Waals surface area contributed by atoms with Crippen molar-refractivity contribution < 1.29 is 4.79 Å². The molecule has 1 saturated heterocycles. The molecule has 5 nitrogen and oxygen atoms in total. The fraction of sp³-hybridized carbons (Fsp3) is 0.765. The highest BCUT2D eigenvalue weighted by Gasteiger charge is 2.24. The maximum absolute atomic E-state index is 11.6. The SMILES string of the molecule is CC(C)(C)c1cnc(CN2CCCCC2CNC(=O)CCN)s1. The summed E-state index contributed by atoms with van der Waals surface area (Å²) in [6.07, 6.45) is 6.03. The highest BCUT2D eigenvalue weighted by molar-refractivity contribution is 7.11. The smallest absolute Gasteiger partial charge is 0.221 e. The summed E-state index contributed by atoms with van der Waals surface area (Å²) in [6, 6.07) is 0.410. The van der Waals surface area contributed by atoms with Gasteiger partial charge in [0.1, 0.15) is 5.01 Å². The van der Waals surface area contributed by atoms with Gasteiger partial charge in [-0.05, 0) is 24.8 Å². The molecule has 0 radical (unpaired) electrons. The van der Waals surface area contributed by atoms with Crippen LogP contribution in [0.3, 0.4) is 0 Å². The molecule has 0 bridgehead atoms. The molecule has 130 valence electrons. The van der Waals surface area contributed by atoms with Gasteiger partial charge in [0.2, 0.25) is 5.91 Å². The largest absolute Gasteiger partial charge is 0.354 e. The van der Waals surface area contributed by atoms with E-state index in [-0.39, 0.29) is 11.3 Å². The Hall–Kier alpha value is -0.980. The number of piperidine rings is 1. The summed E-state index contributed by atoms with van der Waals surface area (Å²) in [6.45, 7) is 9.77.